The molecular formula is C21H23NO3S2. The third-order valence-electron chi connectivity index (χ3n) is 4.04. The molecule has 142 valence electrons. The fraction of sp³-hybridized carbons (Fsp3) is 0.286. The first-order valence-electron chi connectivity index (χ1n) is 8.95. The second-order valence-electron chi connectivity index (χ2n) is 6.18. The minimum Gasteiger partial charge on any atom is -0.478 e. The summed E-state index contributed by atoms with van der Waals surface area (Å²) in [5.74, 6) is -1.09. The van der Waals surface area contributed by atoms with Crippen molar-refractivity contribution in [2.75, 3.05) is 0 Å². The van der Waals surface area contributed by atoms with Crippen LogP contribution in [0.15, 0.2) is 46.9 Å². The van der Waals surface area contributed by atoms with Crippen LogP contribution in [0.25, 0.3) is 12.2 Å². The highest BCUT2D eigenvalue weighted by Gasteiger charge is 2.24. The summed E-state index contributed by atoms with van der Waals surface area (Å²) in [5, 5.41) is 11.4. The standard InChI is InChI=1S/C21H23NO3S2/c1-2-3-4-5-6-17(19-20(25)22-21(26)27-19)13-11-15-7-9-16(10-8-15)12-14-18(23)24/h7-14H,2-6H2,1H3,(H,23,24)(H,22,25,26). The number of hydrogen-bond acceptors (Lipinski definition) is 4. The molecule has 1 aliphatic rings. The number of carbonyl (C=O) groups excluding carboxylic acids is 1. The minimum atomic E-state index is -0.969. The molecule has 1 amide bonds. The summed E-state index contributed by atoms with van der Waals surface area (Å²) < 4.78 is 0.504. The van der Waals surface area contributed by atoms with Crippen LogP contribution in [0, 0.1) is 0 Å². The summed E-state index contributed by atoms with van der Waals surface area (Å²) in [5.41, 5.74) is 2.81. The van der Waals surface area contributed by atoms with Gasteiger partial charge in [0.1, 0.15) is 4.32 Å². The quantitative estimate of drug-likeness (QED) is 0.339. The summed E-state index contributed by atoms with van der Waals surface area (Å²) in [6.07, 6.45) is 12.0. The van der Waals surface area contributed by atoms with Crippen LogP contribution in [0.2, 0.25) is 0 Å². The Bertz CT molecular complexity index is 792. The maximum absolute atomic E-state index is 12.1. The highest BCUT2D eigenvalue weighted by Crippen LogP contribution is 2.30. The Morgan fingerprint density at radius 3 is 2.26 bits per heavy atom. The Hall–Kier alpha value is -2.18. The SMILES string of the molecule is CCCCCCC(C=Cc1ccc(C=CC(=O)O)cc1)=C1SC(=S)NC1=O. The number of benzene rings is 1. The van der Waals surface area contributed by atoms with Gasteiger partial charge in [0.15, 0.2) is 0 Å². The van der Waals surface area contributed by atoms with Gasteiger partial charge >= 0.3 is 5.97 Å². The first kappa shape index (κ1) is 21.1. The maximum atomic E-state index is 12.1. The number of rotatable bonds is 9. The molecule has 1 aromatic carbocycles. The Labute approximate surface area is 169 Å². The van der Waals surface area contributed by atoms with E-state index in [0.29, 0.717) is 9.23 Å². The smallest absolute Gasteiger partial charge is 0.328 e. The number of allylic oxidation sites excluding steroid dienone is 2. The van der Waals surface area contributed by atoms with Gasteiger partial charge in [-0.15, -0.1) is 0 Å². The molecule has 1 saturated heterocycles. The number of unbranched alkanes of at least 4 members (excludes halogenated alkanes) is 3. The van der Waals surface area contributed by atoms with Gasteiger partial charge in [0.2, 0.25) is 0 Å². The number of thioether (sulfide) groups is 1. The highest BCUT2D eigenvalue weighted by molar-refractivity contribution is 8.26. The predicted octanol–water partition coefficient (Wildman–Crippen LogP) is 5.17. The number of aliphatic carboxylic acids is 1. The third-order valence-corrected chi connectivity index (χ3v) is 5.33. The van der Waals surface area contributed by atoms with Crippen LogP contribution in [0.3, 0.4) is 0 Å². The van der Waals surface area contributed by atoms with E-state index in [9.17, 15) is 9.59 Å². The lowest BCUT2D eigenvalue weighted by Crippen LogP contribution is -2.18. The van der Waals surface area contributed by atoms with Crippen LogP contribution in [-0.4, -0.2) is 21.3 Å². The van der Waals surface area contributed by atoms with Crippen LogP contribution >= 0.6 is 24.0 Å². The van der Waals surface area contributed by atoms with Crippen molar-refractivity contribution in [3.05, 3.63) is 58.0 Å². The molecule has 0 radical (unpaired) electrons. The molecule has 1 heterocycles. The van der Waals surface area contributed by atoms with Gasteiger partial charge in [0.25, 0.3) is 5.91 Å². The second-order valence-corrected chi connectivity index (χ2v) is 7.87. The van der Waals surface area contributed by atoms with E-state index >= 15 is 0 Å². The molecule has 0 unspecified atom stereocenters. The van der Waals surface area contributed by atoms with Crippen molar-refractivity contribution in [1.29, 1.82) is 0 Å². The topological polar surface area (TPSA) is 66.4 Å². The normalized spacial score (nSPS) is 16.3. The van der Waals surface area contributed by atoms with Gasteiger partial charge in [-0.3, -0.25) is 4.79 Å². The zero-order valence-corrected chi connectivity index (χ0v) is 16.9. The number of carboxylic acids is 1. The number of amides is 1. The lowest BCUT2D eigenvalue weighted by atomic mass is 10.0. The number of nitrogens with one attached hydrogen (secondary N) is 1. The Kier molecular flexibility index (Phi) is 8.48. The summed E-state index contributed by atoms with van der Waals surface area (Å²) in [6.45, 7) is 2.17. The number of carbonyl (C=O) groups is 2. The molecule has 4 nitrogen and oxygen atoms in total. The van der Waals surface area contributed by atoms with Gasteiger partial charge < -0.3 is 10.4 Å². The van der Waals surface area contributed by atoms with Crippen molar-refractivity contribution in [3.8, 4) is 0 Å². The van der Waals surface area contributed by atoms with Gasteiger partial charge in [0.05, 0.1) is 4.91 Å². The fourth-order valence-corrected chi connectivity index (χ4v) is 3.74. The van der Waals surface area contributed by atoms with Gasteiger partial charge in [-0.1, -0.05) is 86.6 Å². The van der Waals surface area contributed by atoms with Crippen LogP contribution in [0.5, 0.6) is 0 Å². The predicted molar refractivity (Wildman–Crippen MR) is 116 cm³/mol. The van der Waals surface area contributed by atoms with Crippen LogP contribution < -0.4 is 5.32 Å². The molecule has 2 N–H and O–H groups in total. The molecule has 1 fully saturated rings. The average Bonchev–Trinajstić information content (AvgIpc) is 2.98. The molecule has 0 saturated carbocycles. The Morgan fingerprint density at radius 2 is 1.74 bits per heavy atom. The van der Waals surface area contributed by atoms with Gasteiger partial charge in [-0.05, 0) is 35.6 Å². The average molecular weight is 402 g/mol. The van der Waals surface area contributed by atoms with E-state index in [2.05, 4.69) is 12.2 Å². The zero-order valence-electron chi connectivity index (χ0n) is 15.2. The molecule has 2 rings (SSSR count). The first-order valence-corrected chi connectivity index (χ1v) is 10.2. The van der Waals surface area contributed by atoms with E-state index in [0.717, 1.165) is 42.0 Å². The molecule has 0 bridgehead atoms. The van der Waals surface area contributed by atoms with Crippen molar-refractivity contribution in [2.24, 2.45) is 0 Å². The summed E-state index contributed by atoms with van der Waals surface area (Å²) in [7, 11) is 0. The van der Waals surface area contributed by atoms with Gasteiger partial charge in [0, 0.05) is 6.08 Å². The molecular weight excluding hydrogens is 378 g/mol. The molecule has 0 aromatic heterocycles. The Balaban J connectivity index is 2.14. The maximum Gasteiger partial charge on any atom is 0.328 e. The fourth-order valence-electron chi connectivity index (χ4n) is 2.62. The molecule has 1 aliphatic heterocycles. The summed E-state index contributed by atoms with van der Waals surface area (Å²) in [6, 6.07) is 7.56. The lowest BCUT2D eigenvalue weighted by molar-refractivity contribution is -0.131. The van der Waals surface area contributed by atoms with Crippen molar-refractivity contribution >= 4 is 52.3 Å². The van der Waals surface area contributed by atoms with E-state index in [4.69, 9.17) is 17.3 Å². The van der Waals surface area contributed by atoms with E-state index in [1.165, 1.54) is 24.6 Å². The zero-order chi connectivity index (χ0) is 19.6. The molecule has 0 spiro atoms. The van der Waals surface area contributed by atoms with Crippen LogP contribution in [0.1, 0.15) is 50.2 Å². The Morgan fingerprint density at radius 1 is 1.11 bits per heavy atom. The summed E-state index contributed by atoms with van der Waals surface area (Å²) in [4.78, 5) is 23.4. The molecule has 27 heavy (non-hydrogen) atoms. The third kappa shape index (κ3) is 7.15. The largest absolute Gasteiger partial charge is 0.478 e. The van der Waals surface area contributed by atoms with Gasteiger partial charge in [-0.2, -0.15) is 0 Å². The van der Waals surface area contributed by atoms with Crippen LogP contribution in [0.4, 0.5) is 0 Å². The first-order chi connectivity index (χ1) is 13.0. The molecule has 0 aliphatic carbocycles. The lowest BCUT2D eigenvalue weighted by Gasteiger charge is -2.05. The van der Waals surface area contributed by atoms with Crippen molar-refractivity contribution < 1.29 is 14.7 Å². The molecule has 1 aromatic rings. The number of hydrogen-bond donors (Lipinski definition) is 2. The van der Waals surface area contributed by atoms with E-state index in [-0.39, 0.29) is 5.91 Å². The van der Waals surface area contributed by atoms with Crippen molar-refractivity contribution in [2.45, 2.75) is 39.0 Å². The van der Waals surface area contributed by atoms with Crippen molar-refractivity contribution in [1.82, 2.24) is 5.32 Å². The van der Waals surface area contributed by atoms with E-state index < -0.39 is 5.97 Å². The summed E-state index contributed by atoms with van der Waals surface area (Å²) >= 11 is 6.43. The second kappa shape index (κ2) is 10.8. The minimum absolute atomic E-state index is 0.116. The monoisotopic (exact) mass is 401 g/mol. The van der Waals surface area contributed by atoms with Crippen LogP contribution in [-0.2, 0) is 9.59 Å². The number of carboxylic acid groups (broad SMARTS) is 1. The van der Waals surface area contributed by atoms with Crippen molar-refractivity contribution in [3.63, 3.8) is 0 Å². The van der Waals surface area contributed by atoms with E-state index in [1.807, 2.05) is 36.4 Å². The van der Waals surface area contributed by atoms with Gasteiger partial charge in [-0.25, -0.2) is 4.79 Å². The number of thiocarbonyl (C=S) groups is 1. The molecule has 0 atom stereocenters. The highest BCUT2D eigenvalue weighted by atomic mass is 32.2. The molecule has 6 heteroatoms. The van der Waals surface area contributed by atoms with E-state index in [1.54, 1.807) is 6.08 Å².